The number of primary amides is 1. The summed E-state index contributed by atoms with van der Waals surface area (Å²) < 4.78 is 26.1. The second kappa shape index (κ2) is 14.4. The summed E-state index contributed by atoms with van der Waals surface area (Å²) in [5, 5.41) is 9.02. The average Bonchev–Trinajstić information content (AvgIpc) is 3.39. The van der Waals surface area contributed by atoms with Crippen molar-refractivity contribution >= 4 is 23.5 Å². The lowest BCUT2D eigenvalue weighted by atomic mass is 10.0. The van der Waals surface area contributed by atoms with Gasteiger partial charge >= 0.3 is 5.97 Å². The third-order valence-electron chi connectivity index (χ3n) is 8.84. The number of esters is 1. The van der Waals surface area contributed by atoms with Crippen LogP contribution >= 0.6 is 0 Å². The summed E-state index contributed by atoms with van der Waals surface area (Å²) in [6.45, 7) is 10.8. The van der Waals surface area contributed by atoms with E-state index in [0.29, 0.717) is 41.2 Å². The Labute approximate surface area is 280 Å². The average molecular weight is 656 g/mol. The SMILES string of the molecule is C[C@H](c1ccc(COc2cccc3c2CN(C(CCC(=O)OC(C)(C)C)C(N)=O)C3=O)cc1)N1CCN(c2ccc(C#N)cc2F)CC1. The van der Waals surface area contributed by atoms with Gasteiger partial charge in [-0.1, -0.05) is 30.3 Å². The standard InChI is InChI=1S/C37H42FN5O5/c1-24(41-16-18-42(19-17-41)31-13-10-26(21-39)20-30(31)38)27-11-8-25(9-12-27)23-47-33-7-5-6-28-29(33)22-43(36(28)46)32(35(40)45)14-15-34(44)48-37(2,3)4/h5-13,20,24,32H,14-19,22-23H2,1-4H3,(H2,40,45)/t24-,32?/m1/s1. The number of hydrogen-bond acceptors (Lipinski definition) is 8. The number of nitrogens with zero attached hydrogens (tertiary/aromatic N) is 4. The van der Waals surface area contributed by atoms with Crippen molar-refractivity contribution in [3.63, 3.8) is 0 Å². The number of piperazine rings is 1. The number of halogens is 1. The van der Waals surface area contributed by atoms with E-state index in [1.54, 1.807) is 51.1 Å². The molecule has 252 valence electrons. The van der Waals surface area contributed by atoms with Crippen LogP contribution < -0.4 is 15.4 Å². The Morgan fingerprint density at radius 3 is 2.38 bits per heavy atom. The molecule has 2 amide bonds. The molecule has 5 rings (SSSR count). The van der Waals surface area contributed by atoms with Gasteiger partial charge < -0.3 is 25.0 Å². The minimum atomic E-state index is -0.958. The van der Waals surface area contributed by atoms with Crippen LogP contribution in [0.5, 0.6) is 5.75 Å². The molecule has 11 heteroatoms. The molecule has 1 saturated heterocycles. The van der Waals surface area contributed by atoms with Gasteiger partial charge in [0.25, 0.3) is 5.91 Å². The Bertz CT molecular complexity index is 1710. The van der Waals surface area contributed by atoms with Crippen LogP contribution in [-0.2, 0) is 27.5 Å². The Kier molecular flexibility index (Phi) is 10.3. The second-order valence-corrected chi connectivity index (χ2v) is 13.3. The topological polar surface area (TPSA) is 129 Å². The van der Waals surface area contributed by atoms with Gasteiger partial charge in [-0.05, 0) is 75.6 Å². The molecule has 2 aliphatic rings. The highest BCUT2D eigenvalue weighted by molar-refractivity contribution is 6.01. The molecule has 2 N–H and O–H groups in total. The third-order valence-corrected chi connectivity index (χ3v) is 8.84. The molecule has 48 heavy (non-hydrogen) atoms. The number of hydrogen-bond donors (Lipinski definition) is 1. The van der Waals surface area contributed by atoms with E-state index < -0.39 is 23.5 Å². The van der Waals surface area contributed by atoms with Gasteiger partial charge in [0.05, 0.1) is 23.9 Å². The van der Waals surface area contributed by atoms with Gasteiger partial charge in [0, 0.05) is 49.8 Å². The first-order chi connectivity index (χ1) is 22.8. The van der Waals surface area contributed by atoms with E-state index in [1.807, 2.05) is 23.1 Å². The van der Waals surface area contributed by atoms with Crippen molar-refractivity contribution in [1.82, 2.24) is 9.80 Å². The van der Waals surface area contributed by atoms with E-state index in [0.717, 1.165) is 24.2 Å². The van der Waals surface area contributed by atoms with E-state index in [9.17, 15) is 18.8 Å². The Morgan fingerprint density at radius 1 is 1.04 bits per heavy atom. The maximum atomic E-state index is 14.5. The van der Waals surface area contributed by atoms with Gasteiger partial charge in [-0.2, -0.15) is 5.26 Å². The van der Waals surface area contributed by atoms with E-state index >= 15 is 0 Å². The van der Waals surface area contributed by atoms with E-state index in [4.69, 9.17) is 20.5 Å². The largest absolute Gasteiger partial charge is 0.489 e. The number of amides is 2. The van der Waals surface area contributed by atoms with E-state index in [2.05, 4.69) is 24.0 Å². The fourth-order valence-electron chi connectivity index (χ4n) is 6.26. The number of anilines is 1. The first-order valence-electron chi connectivity index (χ1n) is 16.2. The zero-order chi connectivity index (χ0) is 34.6. The van der Waals surface area contributed by atoms with Gasteiger partial charge in [-0.15, -0.1) is 0 Å². The van der Waals surface area contributed by atoms with Crippen molar-refractivity contribution in [3.8, 4) is 11.8 Å². The minimum absolute atomic E-state index is 0.0439. The van der Waals surface area contributed by atoms with Crippen LogP contribution in [0.2, 0.25) is 0 Å². The van der Waals surface area contributed by atoms with Crippen LogP contribution in [0.4, 0.5) is 10.1 Å². The number of carbonyl (C=O) groups is 3. The molecule has 0 spiro atoms. The molecule has 2 heterocycles. The first-order valence-corrected chi connectivity index (χ1v) is 16.2. The molecule has 2 aliphatic heterocycles. The highest BCUT2D eigenvalue weighted by atomic mass is 19.1. The van der Waals surface area contributed by atoms with Crippen molar-refractivity contribution < 1.29 is 28.2 Å². The van der Waals surface area contributed by atoms with Crippen LogP contribution in [0.15, 0.2) is 60.7 Å². The Balaban J connectivity index is 1.16. The molecule has 1 fully saturated rings. The predicted octanol–water partition coefficient (Wildman–Crippen LogP) is 5.09. The van der Waals surface area contributed by atoms with Crippen LogP contribution in [-0.4, -0.2) is 65.4 Å². The summed E-state index contributed by atoms with van der Waals surface area (Å²) in [6.07, 6.45) is 0.0219. The van der Waals surface area contributed by atoms with Crippen LogP contribution in [0.3, 0.4) is 0 Å². The molecule has 3 aromatic rings. The van der Waals surface area contributed by atoms with Gasteiger partial charge in [-0.25, -0.2) is 4.39 Å². The number of fused-ring (bicyclic) bond motifs is 1. The number of rotatable bonds is 11. The van der Waals surface area contributed by atoms with Crippen LogP contribution in [0.1, 0.15) is 79.2 Å². The maximum absolute atomic E-state index is 14.5. The monoisotopic (exact) mass is 655 g/mol. The quantitative estimate of drug-likeness (QED) is 0.283. The van der Waals surface area contributed by atoms with Crippen molar-refractivity contribution in [1.29, 1.82) is 5.26 Å². The summed E-state index contributed by atoms with van der Waals surface area (Å²) in [5.74, 6) is -1.29. The van der Waals surface area contributed by atoms with Gasteiger partial charge in [0.15, 0.2) is 0 Å². The normalized spacial score (nSPS) is 16.2. The highest BCUT2D eigenvalue weighted by Crippen LogP contribution is 2.34. The number of nitriles is 1. The smallest absolute Gasteiger partial charge is 0.306 e. The van der Waals surface area contributed by atoms with E-state index in [1.165, 1.54) is 11.0 Å². The zero-order valence-electron chi connectivity index (χ0n) is 27.9. The molecular formula is C37H42FN5O5. The predicted molar refractivity (Wildman–Crippen MR) is 178 cm³/mol. The van der Waals surface area contributed by atoms with Crippen LogP contribution in [0.25, 0.3) is 0 Å². The number of carbonyl (C=O) groups excluding carboxylic acids is 3. The molecular weight excluding hydrogens is 613 g/mol. The third kappa shape index (κ3) is 7.94. The van der Waals surface area contributed by atoms with Crippen molar-refractivity contribution in [2.75, 3.05) is 31.1 Å². The summed E-state index contributed by atoms with van der Waals surface area (Å²) in [4.78, 5) is 43.8. The second-order valence-electron chi connectivity index (χ2n) is 13.3. The van der Waals surface area contributed by atoms with Crippen molar-refractivity contribution in [2.45, 2.75) is 71.4 Å². The molecule has 0 aromatic heterocycles. The summed E-state index contributed by atoms with van der Waals surface area (Å²) >= 11 is 0. The molecule has 2 atom stereocenters. The van der Waals surface area contributed by atoms with E-state index in [-0.39, 0.29) is 43.8 Å². The molecule has 0 bridgehead atoms. The lowest BCUT2D eigenvalue weighted by Crippen LogP contribution is -2.47. The Hall–Kier alpha value is -4.95. The van der Waals surface area contributed by atoms with Gasteiger partial charge in [-0.3, -0.25) is 19.3 Å². The first kappa shape index (κ1) is 34.4. The molecule has 3 aromatic carbocycles. The van der Waals surface area contributed by atoms with Gasteiger partial charge in [0.1, 0.15) is 29.8 Å². The summed E-state index contributed by atoms with van der Waals surface area (Å²) in [5.41, 5.74) is 9.10. The summed E-state index contributed by atoms with van der Waals surface area (Å²) in [6, 6.07) is 19.2. The number of nitrogens with two attached hydrogens (primary N) is 1. The molecule has 0 aliphatic carbocycles. The minimum Gasteiger partial charge on any atom is -0.489 e. The van der Waals surface area contributed by atoms with Crippen LogP contribution in [0, 0.1) is 17.1 Å². The summed E-state index contributed by atoms with van der Waals surface area (Å²) in [7, 11) is 0. The molecule has 0 saturated carbocycles. The van der Waals surface area contributed by atoms with Gasteiger partial charge in [0.2, 0.25) is 5.91 Å². The zero-order valence-corrected chi connectivity index (χ0v) is 27.9. The Morgan fingerprint density at radius 2 is 1.75 bits per heavy atom. The molecule has 0 radical (unpaired) electrons. The highest BCUT2D eigenvalue weighted by Gasteiger charge is 2.37. The fraction of sp³-hybridized carbons (Fsp3) is 0.405. The lowest BCUT2D eigenvalue weighted by molar-refractivity contribution is -0.155. The maximum Gasteiger partial charge on any atom is 0.306 e. The molecule has 1 unspecified atom stereocenters. The van der Waals surface area contributed by atoms with Crippen molar-refractivity contribution in [3.05, 3.63) is 94.3 Å². The van der Waals surface area contributed by atoms with Crippen molar-refractivity contribution in [2.24, 2.45) is 5.73 Å². The number of ether oxygens (including phenoxy) is 2. The number of benzene rings is 3. The fourth-order valence-corrected chi connectivity index (χ4v) is 6.26. The lowest BCUT2D eigenvalue weighted by Gasteiger charge is -2.39. The molecule has 10 nitrogen and oxygen atoms in total.